The first-order valence-corrected chi connectivity index (χ1v) is 7.37. The van der Waals surface area contributed by atoms with Crippen LogP contribution in [-0.2, 0) is 16.0 Å². The molecule has 1 aromatic rings. The van der Waals surface area contributed by atoms with Crippen LogP contribution in [0.2, 0.25) is 0 Å². The van der Waals surface area contributed by atoms with Gasteiger partial charge < -0.3 is 10.1 Å². The maximum Gasteiger partial charge on any atom is 0.220 e. The smallest absolute Gasteiger partial charge is 0.220 e. The molecule has 1 N–H and O–H groups in total. The van der Waals surface area contributed by atoms with Gasteiger partial charge >= 0.3 is 0 Å². The molecule has 4 nitrogen and oxygen atoms in total. The molecule has 0 unspecified atom stereocenters. The van der Waals surface area contributed by atoms with E-state index < -0.39 is 0 Å². The highest BCUT2D eigenvalue weighted by Gasteiger charge is 2.18. The van der Waals surface area contributed by atoms with Gasteiger partial charge in [-0.1, -0.05) is 0 Å². The van der Waals surface area contributed by atoms with Crippen LogP contribution in [0.4, 0.5) is 0 Å². The molecule has 0 spiro atoms. The Kier molecular flexibility index (Phi) is 5.13. The van der Waals surface area contributed by atoms with Crippen molar-refractivity contribution in [2.75, 3.05) is 19.8 Å². The molecule has 2 heterocycles. The van der Waals surface area contributed by atoms with Gasteiger partial charge in [0.25, 0.3) is 0 Å². The van der Waals surface area contributed by atoms with Gasteiger partial charge in [0.05, 0.1) is 11.2 Å². The summed E-state index contributed by atoms with van der Waals surface area (Å²) in [7, 11) is 0. The highest BCUT2D eigenvalue weighted by Crippen LogP contribution is 2.16. The summed E-state index contributed by atoms with van der Waals surface area (Å²) in [5.74, 6) is 0.584. The Hall–Kier alpha value is -0.940. The monoisotopic (exact) mass is 268 g/mol. The molecule has 1 amide bonds. The van der Waals surface area contributed by atoms with Gasteiger partial charge in [0.15, 0.2) is 0 Å². The van der Waals surface area contributed by atoms with Crippen LogP contribution in [0.1, 0.15) is 29.8 Å². The van der Waals surface area contributed by atoms with Crippen LogP contribution in [0.3, 0.4) is 0 Å². The Morgan fingerprint density at radius 2 is 2.56 bits per heavy atom. The van der Waals surface area contributed by atoms with E-state index in [-0.39, 0.29) is 5.91 Å². The molecule has 18 heavy (non-hydrogen) atoms. The largest absolute Gasteiger partial charge is 0.381 e. The topological polar surface area (TPSA) is 51.2 Å². The molecule has 1 aliphatic heterocycles. The summed E-state index contributed by atoms with van der Waals surface area (Å²) in [5.41, 5.74) is 3.00. The molecule has 0 aromatic carbocycles. The van der Waals surface area contributed by atoms with E-state index in [4.69, 9.17) is 4.74 Å². The molecular formula is C13H20N2O2S. The third kappa shape index (κ3) is 4.07. The van der Waals surface area contributed by atoms with Crippen LogP contribution in [0.15, 0.2) is 5.51 Å². The summed E-state index contributed by atoms with van der Waals surface area (Å²) in [6, 6.07) is 0. The van der Waals surface area contributed by atoms with E-state index in [1.807, 2.05) is 12.4 Å². The highest BCUT2D eigenvalue weighted by molar-refractivity contribution is 7.09. The number of hydrogen-bond donors (Lipinski definition) is 1. The van der Waals surface area contributed by atoms with Crippen LogP contribution in [0, 0.1) is 12.8 Å². The summed E-state index contributed by atoms with van der Waals surface area (Å²) in [6.07, 6.45) is 3.62. The zero-order valence-electron chi connectivity index (χ0n) is 10.8. The van der Waals surface area contributed by atoms with E-state index in [1.165, 1.54) is 4.88 Å². The van der Waals surface area contributed by atoms with Crippen molar-refractivity contribution in [1.82, 2.24) is 10.3 Å². The lowest BCUT2D eigenvalue weighted by atomic mass is 10.0. The maximum absolute atomic E-state index is 11.7. The zero-order chi connectivity index (χ0) is 12.8. The van der Waals surface area contributed by atoms with E-state index in [1.54, 1.807) is 11.3 Å². The number of nitrogens with zero attached hydrogens (tertiary/aromatic N) is 1. The molecule has 1 atom stereocenters. The standard InChI is InChI=1S/C13H20N2O2S/c1-10-12(18-9-15-10)3-2-5-14-13(16)7-11-4-6-17-8-11/h9,11H,2-8H2,1H3,(H,14,16)/t11-/m0/s1. The molecule has 1 saturated heterocycles. The number of thiazole rings is 1. The van der Waals surface area contributed by atoms with Crippen molar-refractivity contribution in [2.45, 2.75) is 32.6 Å². The number of carbonyl (C=O) groups excluding carboxylic acids is 1. The lowest BCUT2D eigenvalue weighted by Crippen LogP contribution is -2.26. The SMILES string of the molecule is Cc1ncsc1CCCNC(=O)C[C@@H]1CCOC1. The molecule has 5 heteroatoms. The molecular weight excluding hydrogens is 248 g/mol. The van der Waals surface area contributed by atoms with Crippen molar-refractivity contribution in [3.63, 3.8) is 0 Å². The third-order valence-corrected chi connectivity index (χ3v) is 4.24. The second kappa shape index (κ2) is 6.85. The molecule has 2 rings (SSSR count). The molecule has 0 aliphatic carbocycles. The van der Waals surface area contributed by atoms with E-state index in [0.29, 0.717) is 12.3 Å². The first-order valence-electron chi connectivity index (χ1n) is 6.49. The van der Waals surface area contributed by atoms with Gasteiger partial charge in [-0.05, 0) is 32.1 Å². The van der Waals surface area contributed by atoms with Crippen LogP contribution >= 0.6 is 11.3 Å². The summed E-state index contributed by atoms with van der Waals surface area (Å²) in [4.78, 5) is 17.2. The fourth-order valence-electron chi connectivity index (χ4n) is 2.12. The minimum absolute atomic E-state index is 0.159. The molecule has 0 saturated carbocycles. The number of aromatic nitrogens is 1. The predicted octanol–water partition coefficient (Wildman–Crippen LogP) is 1.93. The van der Waals surface area contributed by atoms with Gasteiger partial charge in [-0.25, -0.2) is 4.98 Å². The average Bonchev–Trinajstić information content (AvgIpc) is 2.97. The normalized spacial score (nSPS) is 19.1. The third-order valence-electron chi connectivity index (χ3n) is 3.25. The van der Waals surface area contributed by atoms with Crippen LogP contribution in [0.5, 0.6) is 0 Å². The first-order chi connectivity index (χ1) is 8.75. The number of aryl methyl sites for hydroxylation is 2. The Bertz CT molecular complexity index is 386. The number of carbonyl (C=O) groups is 1. The number of hydrogen-bond acceptors (Lipinski definition) is 4. The Balaban J connectivity index is 1.57. The number of rotatable bonds is 6. The van der Waals surface area contributed by atoms with Crippen molar-refractivity contribution in [2.24, 2.45) is 5.92 Å². The van der Waals surface area contributed by atoms with Crippen LogP contribution in [0.25, 0.3) is 0 Å². The summed E-state index contributed by atoms with van der Waals surface area (Å²) in [5, 5.41) is 2.98. The molecule has 1 aromatic heterocycles. The summed E-state index contributed by atoms with van der Waals surface area (Å²) < 4.78 is 5.26. The van der Waals surface area contributed by atoms with Crippen LogP contribution < -0.4 is 5.32 Å². The Morgan fingerprint density at radius 1 is 1.67 bits per heavy atom. The summed E-state index contributed by atoms with van der Waals surface area (Å²) in [6.45, 7) is 4.34. The van der Waals surface area contributed by atoms with Gasteiger partial charge in [0, 0.05) is 31.1 Å². The minimum Gasteiger partial charge on any atom is -0.381 e. The second-order valence-corrected chi connectivity index (χ2v) is 5.69. The van der Waals surface area contributed by atoms with Crippen molar-refractivity contribution in [1.29, 1.82) is 0 Å². The van der Waals surface area contributed by atoms with Gasteiger partial charge in [-0.15, -0.1) is 11.3 Å². The Morgan fingerprint density at radius 3 is 3.22 bits per heavy atom. The van der Waals surface area contributed by atoms with Crippen molar-refractivity contribution < 1.29 is 9.53 Å². The molecule has 0 radical (unpaired) electrons. The minimum atomic E-state index is 0.159. The summed E-state index contributed by atoms with van der Waals surface area (Å²) >= 11 is 1.69. The Labute approximate surface area is 112 Å². The lowest BCUT2D eigenvalue weighted by Gasteiger charge is -2.08. The second-order valence-electron chi connectivity index (χ2n) is 4.75. The lowest BCUT2D eigenvalue weighted by molar-refractivity contribution is -0.122. The molecule has 100 valence electrons. The van der Waals surface area contributed by atoms with E-state index in [0.717, 1.165) is 44.7 Å². The zero-order valence-corrected chi connectivity index (χ0v) is 11.6. The van der Waals surface area contributed by atoms with E-state index >= 15 is 0 Å². The highest BCUT2D eigenvalue weighted by atomic mass is 32.1. The molecule has 1 aliphatic rings. The van der Waals surface area contributed by atoms with Gasteiger partial charge in [-0.2, -0.15) is 0 Å². The number of nitrogens with one attached hydrogen (secondary N) is 1. The predicted molar refractivity (Wildman–Crippen MR) is 71.7 cm³/mol. The van der Waals surface area contributed by atoms with Crippen molar-refractivity contribution >= 4 is 17.2 Å². The number of ether oxygens (including phenoxy) is 1. The maximum atomic E-state index is 11.7. The number of amides is 1. The average molecular weight is 268 g/mol. The molecule has 0 bridgehead atoms. The van der Waals surface area contributed by atoms with Crippen molar-refractivity contribution in [3.05, 3.63) is 16.1 Å². The van der Waals surface area contributed by atoms with E-state index in [2.05, 4.69) is 10.3 Å². The van der Waals surface area contributed by atoms with Crippen molar-refractivity contribution in [3.8, 4) is 0 Å². The molecule has 1 fully saturated rings. The fraction of sp³-hybridized carbons (Fsp3) is 0.692. The van der Waals surface area contributed by atoms with Gasteiger partial charge in [0.2, 0.25) is 5.91 Å². The van der Waals surface area contributed by atoms with E-state index in [9.17, 15) is 4.79 Å². The van der Waals surface area contributed by atoms with Gasteiger partial charge in [0.1, 0.15) is 0 Å². The first kappa shape index (κ1) is 13.5. The van der Waals surface area contributed by atoms with Gasteiger partial charge in [-0.3, -0.25) is 4.79 Å². The fourth-order valence-corrected chi connectivity index (χ4v) is 2.95. The quantitative estimate of drug-likeness (QED) is 0.802. The van der Waals surface area contributed by atoms with Crippen LogP contribution in [-0.4, -0.2) is 30.6 Å².